The summed E-state index contributed by atoms with van der Waals surface area (Å²) >= 11 is 6.19. The van der Waals surface area contributed by atoms with Crippen LogP contribution in [0, 0.1) is 0 Å². The summed E-state index contributed by atoms with van der Waals surface area (Å²) in [5, 5.41) is 3.74. The number of benzene rings is 1. The molecule has 0 fully saturated rings. The Kier molecular flexibility index (Phi) is 6.45. The van der Waals surface area contributed by atoms with Gasteiger partial charge in [0.05, 0.1) is 4.90 Å². The molecule has 1 N–H and O–H groups in total. The Hall–Kier alpha value is -0.620. The molecule has 1 aromatic rings. The minimum Gasteiger partial charge on any atom is -0.310 e. The second kappa shape index (κ2) is 7.41. The molecular weight excluding hydrogens is 296 g/mol. The number of hydrogen-bond donors (Lipinski definition) is 1. The first kappa shape index (κ1) is 17.4. The molecule has 114 valence electrons. The van der Waals surface area contributed by atoms with Crippen molar-refractivity contribution in [2.75, 3.05) is 13.1 Å². The molecule has 0 unspecified atom stereocenters. The fourth-order valence-electron chi connectivity index (χ4n) is 1.86. The number of rotatable bonds is 7. The highest BCUT2D eigenvalue weighted by molar-refractivity contribution is 7.89. The Morgan fingerprint density at radius 2 is 1.85 bits per heavy atom. The maximum atomic E-state index is 12.4. The van der Waals surface area contributed by atoms with Crippen LogP contribution in [0.3, 0.4) is 0 Å². The molecule has 0 atom stereocenters. The molecule has 0 saturated carbocycles. The zero-order valence-corrected chi connectivity index (χ0v) is 14.1. The van der Waals surface area contributed by atoms with E-state index in [0.29, 0.717) is 30.7 Å². The lowest BCUT2D eigenvalue weighted by Crippen LogP contribution is -2.30. The Morgan fingerprint density at radius 3 is 2.30 bits per heavy atom. The van der Waals surface area contributed by atoms with Gasteiger partial charge < -0.3 is 5.32 Å². The van der Waals surface area contributed by atoms with Crippen molar-refractivity contribution in [2.45, 2.75) is 45.2 Å². The van der Waals surface area contributed by atoms with Crippen LogP contribution in [0.4, 0.5) is 0 Å². The van der Waals surface area contributed by atoms with Gasteiger partial charge in [-0.15, -0.1) is 0 Å². The van der Waals surface area contributed by atoms with Crippen LogP contribution < -0.4 is 5.32 Å². The Bertz CT molecular complexity index is 540. The fraction of sp³-hybridized carbons (Fsp3) is 0.571. The molecule has 0 aliphatic rings. The smallest absolute Gasteiger partial charge is 0.243 e. The summed E-state index contributed by atoms with van der Waals surface area (Å²) in [6.45, 7) is 9.27. The lowest BCUT2D eigenvalue weighted by molar-refractivity contribution is 0.445. The average molecular weight is 319 g/mol. The third-order valence-electron chi connectivity index (χ3n) is 3.07. The van der Waals surface area contributed by atoms with Crippen molar-refractivity contribution in [2.24, 2.45) is 0 Å². The highest BCUT2D eigenvalue weighted by atomic mass is 35.5. The van der Waals surface area contributed by atoms with Crippen molar-refractivity contribution >= 4 is 21.6 Å². The van der Waals surface area contributed by atoms with E-state index >= 15 is 0 Å². The first-order chi connectivity index (χ1) is 9.32. The van der Waals surface area contributed by atoms with Crippen LogP contribution in [-0.2, 0) is 16.6 Å². The van der Waals surface area contributed by atoms with Crippen LogP contribution in [-0.4, -0.2) is 31.9 Å². The van der Waals surface area contributed by atoms with Crippen LogP contribution in [0.5, 0.6) is 0 Å². The second-order valence-electron chi connectivity index (χ2n) is 4.88. The van der Waals surface area contributed by atoms with Gasteiger partial charge in [-0.25, -0.2) is 8.42 Å². The lowest BCUT2D eigenvalue weighted by atomic mass is 10.2. The van der Waals surface area contributed by atoms with Gasteiger partial charge >= 0.3 is 0 Å². The zero-order chi connectivity index (χ0) is 15.3. The summed E-state index contributed by atoms with van der Waals surface area (Å²) in [6, 6.07) is 5.28. The lowest BCUT2D eigenvalue weighted by Gasteiger charge is -2.19. The van der Waals surface area contributed by atoms with E-state index in [9.17, 15) is 8.42 Å². The van der Waals surface area contributed by atoms with Crippen molar-refractivity contribution in [3.8, 4) is 0 Å². The molecule has 0 aliphatic heterocycles. The fourth-order valence-corrected chi connectivity index (χ4v) is 3.66. The minimum atomic E-state index is -3.44. The maximum absolute atomic E-state index is 12.4. The van der Waals surface area contributed by atoms with Gasteiger partial charge in [0.15, 0.2) is 0 Å². The van der Waals surface area contributed by atoms with Gasteiger partial charge in [-0.05, 0) is 17.7 Å². The van der Waals surface area contributed by atoms with Crippen molar-refractivity contribution in [1.82, 2.24) is 9.62 Å². The molecule has 1 aromatic carbocycles. The third kappa shape index (κ3) is 4.19. The summed E-state index contributed by atoms with van der Waals surface area (Å²) < 4.78 is 26.2. The van der Waals surface area contributed by atoms with E-state index in [1.54, 1.807) is 12.1 Å². The molecule has 0 bridgehead atoms. The molecule has 0 amide bonds. The van der Waals surface area contributed by atoms with Gasteiger partial charge in [0.2, 0.25) is 10.0 Å². The largest absolute Gasteiger partial charge is 0.310 e. The van der Waals surface area contributed by atoms with Crippen LogP contribution in [0.15, 0.2) is 23.1 Å². The first-order valence-electron chi connectivity index (χ1n) is 6.84. The van der Waals surface area contributed by atoms with Crippen molar-refractivity contribution in [3.05, 3.63) is 28.8 Å². The highest BCUT2D eigenvalue weighted by Gasteiger charge is 2.22. The van der Waals surface area contributed by atoms with Crippen LogP contribution in [0.1, 0.15) is 33.3 Å². The molecule has 0 aromatic heterocycles. The number of nitrogens with zero attached hydrogens (tertiary/aromatic N) is 1. The molecular formula is C14H23ClN2O2S. The van der Waals surface area contributed by atoms with Gasteiger partial charge in [-0.1, -0.05) is 45.4 Å². The van der Waals surface area contributed by atoms with E-state index in [2.05, 4.69) is 5.32 Å². The molecule has 4 nitrogen and oxygen atoms in total. The quantitative estimate of drug-likeness (QED) is 0.841. The topological polar surface area (TPSA) is 49.4 Å². The van der Waals surface area contributed by atoms with Crippen molar-refractivity contribution in [3.63, 3.8) is 0 Å². The van der Waals surface area contributed by atoms with Gasteiger partial charge in [0.25, 0.3) is 0 Å². The van der Waals surface area contributed by atoms with Gasteiger partial charge in [-0.3, -0.25) is 0 Å². The van der Waals surface area contributed by atoms with Crippen molar-refractivity contribution < 1.29 is 8.42 Å². The molecule has 1 rings (SSSR count). The first-order valence-corrected chi connectivity index (χ1v) is 8.66. The van der Waals surface area contributed by atoms with Crippen LogP contribution >= 0.6 is 11.6 Å². The summed E-state index contributed by atoms with van der Waals surface area (Å²) in [5.74, 6) is 0. The molecule has 0 spiro atoms. The molecule has 20 heavy (non-hydrogen) atoms. The van der Waals surface area contributed by atoms with Crippen molar-refractivity contribution in [1.29, 1.82) is 0 Å². The normalized spacial score (nSPS) is 12.3. The zero-order valence-electron chi connectivity index (χ0n) is 12.5. The highest BCUT2D eigenvalue weighted by Crippen LogP contribution is 2.23. The maximum Gasteiger partial charge on any atom is 0.243 e. The molecule has 0 saturated heterocycles. The average Bonchev–Trinajstić information content (AvgIpc) is 2.38. The minimum absolute atomic E-state index is 0.250. The number of halogens is 1. The van der Waals surface area contributed by atoms with Gasteiger partial charge in [-0.2, -0.15) is 4.31 Å². The summed E-state index contributed by atoms with van der Waals surface area (Å²) in [7, 11) is -3.44. The summed E-state index contributed by atoms with van der Waals surface area (Å²) in [5.41, 5.74) is 0.902. The second-order valence-corrected chi connectivity index (χ2v) is 7.22. The SMILES string of the molecule is CCN(CC)S(=O)(=O)c1ccc(CNC(C)C)c(Cl)c1. The molecule has 0 radical (unpaired) electrons. The number of hydrogen-bond acceptors (Lipinski definition) is 3. The number of nitrogens with one attached hydrogen (secondary N) is 1. The number of sulfonamides is 1. The molecule has 6 heteroatoms. The Labute approximate surface area is 127 Å². The van der Waals surface area contributed by atoms with E-state index in [1.807, 2.05) is 27.7 Å². The predicted octanol–water partition coefficient (Wildman–Crippen LogP) is 2.87. The molecule has 0 heterocycles. The molecule has 0 aliphatic carbocycles. The van der Waals surface area contributed by atoms with E-state index in [4.69, 9.17) is 11.6 Å². The predicted molar refractivity (Wildman–Crippen MR) is 83.5 cm³/mol. The summed E-state index contributed by atoms with van der Waals surface area (Å²) in [4.78, 5) is 0.250. The Balaban J connectivity index is 3.03. The third-order valence-corrected chi connectivity index (χ3v) is 5.47. The van der Waals surface area contributed by atoms with E-state index in [0.717, 1.165) is 5.56 Å². The van der Waals surface area contributed by atoms with Crippen LogP contribution in [0.25, 0.3) is 0 Å². The van der Waals surface area contributed by atoms with Crippen LogP contribution in [0.2, 0.25) is 5.02 Å². The summed E-state index contributed by atoms with van der Waals surface area (Å²) in [6.07, 6.45) is 0. The van der Waals surface area contributed by atoms with E-state index in [-0.39, 0.29) is 4.90 Å². The standard InChI is InChI=1S/C14H23ClN2O2S/c1-5-17(6-2)20(18,19)13-8-7-12(14(15)9-13)10-16-11(3)4/h7-9,11,16H,5-6,10H2,1-4H3. The van der Waals surface area contributed by atoms with Gasteiger partial charge in [0, 0.05) is 30.7 Å². The van der Waals surface area contributed by atoms with E-state index < -0.39 is 10.0 Å². The monoisotopic (exact) mass is 318 g/mol. The van der Waals surface area contributed by atoms with E-state index in [1.165, 1.54) is 10.4 Å². The van der Waals surface area contributed by atoms with Gasteiger partial charge in [0.1, 0.15) is 0 Å². The Morgan fingerprint density at radius 1 is 1.25 bits per heavy atom.